The first-order valence-electron chi connectivity index (χ1n) is 5.99. The van der Waals surface area contributed by atoms with Crippen molar-refractivity contribution in [3.05, 3.63) is 71.8 Å². The highest BCUT2D eigenvalue weighted by atomic mass is 16.4. The molecule has 0 heterocycles. The zero-order valence-electron chi connectivity index (χ0n) is 12.1. The Kier molecular flexibility index (Phi) is 14.5. The Bertz CT molecular complexity index is 606. The molecule has 0 bridgehead atoms. The summed E-state index contributed by atoms with van der Waals surface area (Å²) < 4.78 is 0. The molecule has 0 atom stereocenters. The van der Waals surface area contributed by atoms with Crippen molar-refractivity contribution in [1.29, 1.82) is 0 Å². The minimum atomic E-state index is -0.879. The van der Waals surface area contributed by atoms with Gasteiger partial charge in [-0.2, -0.15) is 19.2 Å². The van der Waals surface area contributed by atoms with Crippen LogP contribution >= 0.6 is 0 Å². The predicted octanol–water partition coefficient (Wildman–Crippen LogP) is 1.60. The number of carbonyl (C=O) groups excluding carboxylic acids is 4. The molecule has 2 aromatic rings. The van der Waals surface area contributed by atoms with Crippen molar-refractivity contribution < 1.29 is 39.0 Å². The molecular formula is C16H12O8. The van der Waals surface area contributed by atoms with Crippen LogP contribution in [-0.4, -0.2) is 34.5 Å². The summed E-state index contributed by atoms with van der Waals surface area (Å²) in [6.07, 6.45) is 0.500. The average Bonchev–Trinajstić information content (AvgIpc) is 2.58. The van der Waals surface area contributed by atoms with Crippen molar-refractivity contribution in [2.45, 2.75) is 0 Å². The number of carboxylic acid groups (broad SMARTS) is 2. The van der Waals surface area contributed by atoms with Crippen LogP contribution < -0.4 is 0 Å². The summed E-state index contributed by atoms with van der Waals surface area (Å²) in [5.74, 6) is -1.76. The topological polar surface area (TPSA) is 143 Å². The molecule has 0 spiro atoms. The summed E-state index contributed by atoms with van der Waals surface area (Å²) in [5, 5.41) is 16.8. The summed E-state index contributed by atoms with van der Waals surface area (Å²) >= 11 is 0. The first kappa shape index (κ1) is 22.4. The van der Waals surface area contributed by atoms with Gasteiger partial charge in [-0.1, -0.05) is 36.4 Å². The van der Waals surface area contributed by atoms with Crippen LogP contribution in [0.2, 0.25) is 0 Å². The summed E-state index contributed by atoms with van der Waals surface area (Å²) in [6.45, 7) is 0. The van der Waals surface area contributed by atoms with Crippen LogP contribution in [0.1, 0.15) is 20.7 Å². The van der Waals surface area contributed by atoms with E-state index >= 15 is 0 Å². The fraction of sp³-hybridized carbons (Fsp3) is 0. The van der Waals surface area contributed by atoms with Gasteiger partial charge in [0.25, 0.3) is 0 Å². The average molecular weight is 332 g/mol. The third kappa shape index (κ3) is 13.1. The third-order valence-electron chi connectivity index (χ3n) is 2.04. The number of aromatic carboxylic acids is 2. The number of carboxylic acids is 2. The number of benzene rings is 2. The molecule has 2 N–H and O–H groups in total. The van der Waals surface area contributed by atoms with Crippen LogP contribution in [0.15, 0.2) is 60.7 Å². The molecule has 124 valence electrons. The van der Waals surface area contributed by atoms with Gasteiger partial charge in [0.05, 0.1) is 11.1 Å². The van der Waals surface area contributed by atoms with E-state index in [1.807, 2.05) is 0 Å². The fourth-order valence-corrected chi connectivity index (χ4v) is 1.16. The van der Waals surface area contributed by atoms with Gasteiger partial charge in [-0.15, -0.1) is 0 Å². The third-order valence-corrected chi connectivity index (χ3v) is 2.04. The summed E-state index contributed by atoms with van der Waals surface area (Å²) in [7, 11) is 0. The Morgan fingerprint density at radius 3 is 0.917 bits per heavy atom. The molecule has 0 saturated carbocycles. The van der Waals surface area contributed by atoms with Crippen LogP contribution in [0.4, 0.5) is 0 Å². The van der Waals surface area contributed by atoms with E-state index in [4.69, 9.17) is 29.4 Å². The van der Waals surface area contributed by atoms with Crippen molar-refractivity contribution in [3.8, 4) is 0 Å². The molecular weight excluding hydrogens is 320 g/mol. The Morgan fingerprint density at radius 2 is 0.792 bits per heavy atom. The summed E-state index contributed by atoms with van der Waals surface area (Å²) in [6, 6.07) is 16.6. The Hall–Kier alpha value is -3.86. The molecule has 8 heteroatoms. The normalized spacial score (nSPS) is 7.33. The smallest absolute Gasteiger partial charge is 0.373 e. The van der Waals surface area contributed by atoms with Crippen molar-refractivity contribution >= 4 is 24.2 Å². The van der Waals surface area contributed by atoms with Gasteiger partial charge >= 0.3 is 24.2 Å². The van der Waals surface area contributed by atoms with Crippen molar-refractivity contribution in [2.75, 3.05) is 0 Å². The van der Waals surface area contributed by atoms with Crippen LogP contribution in [0.3, 0.4) is 0 Å². The lowest BCUT2D eigenvalue weighted by atomic mass is 10.2. The van der Waals surface area contributed by atoms with Gasteiger partial charge < -0.3 is 10.2 Å². The molecule has 2 rings (SSSR count). The van der Waals surface area contributed by atoms with E-state index in [1.165, 1.54) is 0 Å². The van der Waals surface area contributed by atoms with E-state index in [-0.39, 0.29) is 12.3 Å². The molecule has 24 heavy (non-hydrogen) atoms. The zero-order valence-corrected chi connectivity index (χ0v) is 12.1. The number of hydrogen-bond donors (Lipinski definition) is 2. The second-order valence-corrected chi connectivity index (χ2v) is 3.51. The van der Waals surface area contributed by atoms with Gasteiger partial charge in [0.2, 0.25) is 0 Å². The minimum absolute atomic E-state index is 0.250. The number of carbonyl (C=O) groups is 2. The molecule has 0 radical (unpaired) electrons. The SMILES string of the molecule is O=C(O)c1ccccc1.O=C(O)c1ccccc1.O=C=O.O=C=O. The van der Waals surface area contributed by atoms with Gasteiger partial charge in [-0.3, -0.25) is 0 Å². The first-order valence-corrected chi connectivity index (χ1v) is 5.99. The molecule has 8 nitrogen and oxygen atoms in total. The van der Waals surface area contributed by atoms with E-state index < -0.39 is 11.9 Å². The van der Waals surface area contributed by atoms with Crippen molar-refractivity contribution in [2.24, 2.45) is 0 Å². The lowest BCUT2D eigenvalue weighted by Gasteiger charge is -1.88. The first-order chi connectivity index (χ1) is 11.4. The van der Waals surface area contributed by atoms with Gasteiger partial charge in [-0.25, -0.2) is 9.59 Å². The molecule has 0 amide bonds. The van der Waals surface area contributed by atoms with E-state index in [9.17, 15) is 9.59 Å². The molecule has 0 saturated heterocycles. The van der Waals surface area contributed by atoms with E-state index in [2.05, 4.69) is 0 Å². The molecule has 0 aliphatic heterocycles. The highest BCUT2D eigenvalue weighted by Gasteiger charge is 1.97. The lowest BCUT2D eigenvalue weighted by Crippen LogP contribution is -1.93. The van der Waals surface area contributed by atoms with Crippen molar-refractivity contribution in [1.82, 2.24) is 0 Å². The van der Waals surface area contributed by atoms with Crippen molar-refractivity contribution in [3.63, 3.8) is 0 Å². The van der Waals surface area contributed by atoms with Crippen LogP contribution in [0.5, 0.6) is 0 Å². The highest BCUT2D eigenvalue weighted by molar-refractivity contribution is 5.87. The number of hydrogen-bond acceptors (Lipinski definition) is 6. The van der Waals surface area contributed by atoms with Crippen LogP contribution in [0.25, 0.3) is 0 Å². The minimum Gasteiger partial charge on any atom is -0.478 e. The molecule has 0 aliphatic rings. The molecule has 0 aromatic heterocycles. The molecule has 2 aromatic carbocycles. The largest absolute Gasteiger partial charge is 0.478 e. The molecule has 0 aliphatic carbocycles. The Balaban J connectivity index is 0. The van der Waals surface area contributed by atoms with E-state index in [0.717, 1.165) is 0 Å². The van der Waals surface area contributed by atoms with Crippen LogP contribution in [-0.2, 0) is 19.2 Å². The predicted molar refractivity (Wildman–Crippen MR) is 76.8 cm³/mol. The highest BCUT2D eigenvalue weighted by Crippen LogP contribution is 1.96. The second-order valence-electron chi connectivity index (χ2n) is 3.51. The summed E-state index contributed by atoms with van der Waals surface area (Å²) in [4.78, 5) is 52.9. The summed E-state index contributed by atoms with van der Waals surface area (Å²) in [5.41, 5.74) is 0.662. The fourth-order valence-electron chi connectivity index (χ4n) is 1.16. The van der Waals surface area contributed by atoms with Crippen LogP contribution in [0, 0.1) is 0 Å². The number of rotatable bonds is 2. The molecule has 0 unspecified atom stereocenters. The second kappa shape index (κ2) is 15.5. The zero-order chi connectivity index (χ0) is 18.8. The maximum Gasteiger partial charge on any atom is 0.373 e. The van der Waals surface area contributed by atoms with Gasteiger partial charge in [0, 0.05) is 0 Å². The maximum absolute atomic E-state index is 10.2. The maximum atomic E-state index is 10.2. The molecule has 0 fully saturated rings. The van der Waals surface area contributed by atoms with Gasteiger partial charge in [-0.05, 0) is 24.3 Å². The Morgan fingerprint density at radius 1 is 0.583 bits per heavy atom. The standard InChI is InChI=1S/2C7H6O2.2CO2/c2*8-7(9)6-4-2-1-3-5-6;2*2-1-3/h2*1-5H,(H,8,9);;. The Labute approximate surface area is 136 Å². The van der Waals surface area contributed by atoms with E-state index in [1.54, 1.807) is 60.7 Å². The quantitative estimate of drug-likeness (QED) is 0.844. The van der Waals surface area contributed by atoms with Gasteiger partial charge in [0.1, 0.15) is 0 Å². The van der Waals surface area contributed by atoms with Gasteiger partial charge in [0.15, 0.2) is 0 Å². The monoisotopic (exact) mass is 332 g/mol. The van der Waals surface area contributed by atoms with E-state index in [0.29, 0.717) is 11.1 Å². The lowest BCUT2D eigenvalue weighted by molar-refractivity contribution is -0.193.